The highest BCUT2D eigenvalue weighted by atomic mass is 35.5. The minimum atomic E-state index is -0.283. The topological polar surface area (TPSA) is 98.6 Å². The van der Waals surface area contributed by atoms with Crippen LogP contribution in [0.15, 0.2) is 58.3 Å². The number of amidine groups is 2. The summed E-state index contributed by atoms with van der Waals surface area (Å²) in [6.45, 7) is 18.1. The predicted octanol–water partition coefficient (Wildman–Crippen LogP) is 5.15. The number of benzene rings is 1. The summed E-state index contributed by atoms with van der Waals surface area (Å²) in [7, 11) is 3.34. The standard InChI is InChI=1S/C24H29ClN6O3.C3H8.C2H6/c1-7-16-11-19(18-10-9-17(12-20(18)25)22-28-15(4)34-29-22)24(33)31(8-2)23(16)27-14(3)26-13-21(32)30(5)6;1-3-2;1-2/h7,9-12,15,26H,3,8,13H2,1-2,4-6H3,(H,28,29);3H2,1-2H3;1-2H3/b16-7-,27-23+;;. The third-order valence-corrected chi connectivity index (χ3v) is 5.58. The molecule has 2 aliphatic rings. The summed E-state index contributed by atoms with van der Waals surface area (Å²) in [5.74, 6) is 0.988. The number of carbonyl (C=O) groups is 2. The van der Waals surface area contributed by atoms with Gasteiger partial charge in [-0.1, -0.05) is 70.5 Å². The van der Waals surface area contributed by atoms with Gasteiger partial charge in [-0.05, 0) is 32.9 Å². The Hall–Kier alpha value is -3.43. The van der Waals surface area contributed by atoms with Gasteiger partial charge in [0.2, 0.25) is 5.91 Å². The van der Waals surface area contributed by atoms with Crippen molar-refractivity contribution in [3.8, 4) is 0 Å². The third-order valence-electron chi connectivity index (χ3n) is 5.27. The number of rotatable bonds is 7. The van der Waals surface area contributed by atoms with E-state index in [1.54, 1.807) is 37.2 Å². The first-order valence-electron chi connectivity index (χ1n) is 13.3. The molecule has 1 aromatic carbocycles. The van der Waals surface area contributed by atoms with Gasteiger partial charge in [-0.15, -0.1) is 0 Å². The number of hydrogen-bond acceptors (Lipinski definition) is 7. The van der Waals surface area contributed by atoms with Crippen molar-refractivity contribution in [3.63, 3.8) is 0 Å². The van der Waals surface area contributed by atoms with Crippen molar-refractivity contribution in [1.82, 2.24) is 20.6 Å². The van der Waals surface area contributed by atoms with Crippen molar-refractivity contribution in [3.05, 3.63) is 64.5 Å². The molecule has 39 heavy (non-hydrogen) atoms. The highest BCUT2D eigenvalue weighted by Crippen LogP contribution is 2.32. The predicted molar refractivity (Wildman–Crippen MR) is 161 cm³/mol. The van der Waals surface area contributed by atoms with Crippen molar-refractivity contribution in [2.45, 2.75) is 61.1 Å². The first kappa shape index (κ1) is 33.6. The maximum atomic E-state index is 13.4. The van der Waals surface area contributed by atoms with Crippen molar-refractivity contribution < 1.29 is 14.4 Å². The zero-order chi connectivity index (χ0) is 29.7. The van der Waals surface area contributed by atoms with E-state index in [-0.39, 0.29) is 30.4 Å². The van der Waals surface area contributed by atoms with Gasteiger partial charge >= 0.3 is 0 Å². The summed E-state index contributed by atoms with van der Waals surface area (Å²) in [6.07, 6.45) is 4.60. The number of aliphatic imine (C=N–C) groups is 2. The van der Waals surface area contributed by atoms with Crippen molar-refractivity contribution in [2.75, 3.05) is 27.2 Å². The SMILES string of the molecule is C=C(/N=C1\C(=C/C)C=C(c2ccc(C3=NC(C)ON3)cc2Cl)C(=O)N1CC)NCC(=O)N(C)C.CC.CCC. The van der Waals surface area contributed by atoms with Crippen LogP contribution >= 0.6 is 11.6 Å². The molecule has 9 nitrogen and oxygen atoms in total. The van der Waals surface area contributed by atoms with E-state index >= 15 is 0 Å². The molecule has 0 fully saturated rings. The Morgan fingerprint density at radius 1 is 1.31 bits per heavy atom. The molecule has 0 saturated heterocycles. The molecule has 10 heteroatoms. The number of allylic oxidation sites excluding steroid dienone is 1. The number of likely N-dealkylation sites (N-methyl/N-ethyl adjacent to an activating group) is 2. The molecule has 0 spiro atoms. The monoisotopic (exact) mass is 558 g/mol. The van der Waals surface area contributed by atoms with E-state index in [4.69, 9.17) is 16.4 Å². The summed E-state index contributed by atoms with van der Waals surface area (Å²) < 4.78 is 0. The Morgan fingerprint density at radius 2 is 1.95 bits per heavy atom. The van der Waals surface area contributed by atoms with Crippen LogP contribution in [0.3, 0.4) is 0 Å². The largest absolute Gasteiger partial charge is 0.361 e. The van der Waals surface area contributed by atoms with Crippen LogP contribution in [0.2, 0.25) is 5.02 Å². The van der Waals surface area contributed by atoms with E-state index in [9.17, 15) is 9.59 Å². The Labute approximate surface area is 238 Å². The summed E-state index contributed by atoms with van der Waals surface area (Å²) in [6, 6.07) is 5.39. The number of hydroxylamine groups is 1. The molecule has 0 aliphatic carbocycles. The number of amides is 2. The lowest BCUT2D eigenvalue weighted by Crippen LogP contribution is -2.41. The Bertz CT molecular complexity index is 1150. The molecule has 2 heterocycles. The van der Waals surface area contributed by atoms with Gasteiger partial charge in [-0.25, -0.2) is 20.3 Å². The zero-order valence-corrected chi connectivity index (χ0v) is 25.4. The Kier molecular flexibility index (Phi) is 14.2. The fourth-order valence-electron chi connectivity index (χ4n) is 3.40. The molecular weight excluding hydrogens is 516 g/mol. The fourth-order valence-corrected chi connectivity index (χ4v) is 3.68. The van der Waals surface area contributed by atoms with Crippen LogP contribution in [0.4, 0.5) is 0 Å². The minimum absolute atomic E-state index is 0.0564. The van der Waals surface area contributed by atoms with Crippen molar-refractivity contribution in [1.29, 1.82) is 0 Å². The van der Waals surface area contributed by atoms with E-state index in [1.165, 1.54) is 11.3 Å². The molecule has 2 amide bonds. The average Bonchev–Trinajstić information content (AvgIpc) is 3.35. The lowest BCUT2D eigenvalue weighted by molar-refractivity contribution is -0.127. The fraction of sp³-hybridized carbons (Fsp3) is 0.448. The number of hydrogen-bond donors (Lipinski definition) is 2. The lowest BCUT2D eigenvalue weighted by atomic mass is 9.95. The summed E-state index contributed by atoms with van der Waals surface area (Å²) >= 11 is 6.60. The summed E-state index contributed by atoms with van der Waals surface area (Å²) in [4.78, 5) is 42.4. The Morgan fingerprint density at radius 3 is 2.44 bits per heavy atom. The van der Waals surface area contributed by atoms with Gasteiger partial charge in [0.1, 0.15) is 11.7 Å². The zero-order valence-electron chi connectivity index (χ0n) is 24.7. The molecule has 0 aromatic heterocycles. The van der Waals surface area contributed by atoms with Crippen LogP contribution in [0, 0.1) is 0 Å². The lowest BCUT2D eigenvalue weighted by Gasteiger charge is -2.30. The Balaban J connectivity index is 0.00000142. The molecule has 1 atom stereocenters. The first-order chi connectivity index (χ1) is 18.6. The smallest absolute Gasteiger partial charge is 0.260 e. The first-order valence-corrected chi connectivity index (χ1v) is 13.7. The summed E-state index contributed by atoms with van der Waals surface area (Å²) in [5, 5.41) is 3.31. The maximum absolute atomic E-state index is 13.4. The molecular formula is C29H43ClN6O3. The van der Waals surface area contributed by atoms with Gasteiger partial charge in [0.25, 0.3) is 5.91 Å². The van der Waals surface area contributed by atoms with Gasteiger partial charge in [0.05, 0.1) is 6.54 Å². The van der Waals surface area contributed by atoms with E-state index in [0.29, 0.717) is 34.4 Å². The molecule has 214 valence electrons. The quantitative estimate of drug-likeness (QED) is 0.482. The van der Waals surface area contributed by atoms with E-state index in [1.807, 2.05) is 46.8 Å². The number of nitrogens with zero attached hydrogens (tertiary/aromatic N) is 4. The highest BCUT2D eigenvalue weighted by Gasteiger charge is 2.31. The third kappa shape index (κ3) is 9.07. The second kappa shape index (κ2) is 16.5. The second-order valence-corrected chi connectivity index (χ2v) is 8.98. The highest BCUT2D eigenvalue weighted by molar-refractivity contribution is 6.37. The van der Waals surface area contributed by atoms with Gasteiger partial charge < -0.3 is 10.2 Å². The van der Waals surface area contributed by atoms with Gasteiger partial charge in [-0.2, -0.15) is 0 Å². The van der Waals surface area contributed by atoms with Crippen LogP contribution in [0.25, 0.3) is 5.57 Å². The van der Waals surface area contributed by atoms with Gasteiger partial charge in [0.15, 0.2) is 12.1 Å². The van der Waals surface area contributed by atoms with Crippen LogP contribution in [-0.2, 0) is 14.4 Å². The normalized spacial score (nSPS) is 18.3. The molecule has 1 aromatic rings. The average molecular weight is 559 g/mol. The number of carbonyl (C=O) groups excluding carboxylic acids is 2. The van der Waals surface area contributed by atoms with E-state index in [0.717, 1.165) is 11.1 Å². The molecule has 0 radical (unpaired) electrons. The van der Waals surface area contributed by atoms with Crippen LogP contribution < -0.4 is 10.8 Å². The van der Waals surface area contributed by atoms with Gasteiger partial charge in [-0.3, -0.25) is 14.5 Å². The van der Waals surface area contributed by atoms with E-state index < -0.39 is 0 Å². The van der Waals surface area contributed by atoms with Gasteiger partial charge in [0, 0.05) is 47.9 Å². The van der Waals surface area contributed by atoms with E-state index in [2.05, 4.69) is 41.2 Å². The number of nitrogens with one attached hydrogen (secondary N) is 2. The van der Waals surface area contributed by atoms with Crippen LogP contribution in [-0.4, -0.2) is 66.7 Å². The molecule has 2 N–H and O–H groups in total. The summed E-state index contributed by atoms with van der Waals surface area (Å²) in [5.41, 5.74) is 5.34. The molecule has 0 saturated carbocycles. The van der Waals surface area contributed by atoms with Crippen LogP contribution in [0.1, 0.15) is 66.0 Å². The van der Waals surface area contributed by atoms with Crippen LogP contribution in [0.5, 0.6) is 0 Å². The van der Waals surface area contributed by atoms with Crippen molar-refractivity contribution in [2.24, 2.45) is 9.98 Å². The molecule has 1 unspecified atom stereocenters. The maximum Gasteiger partial charge on any atom is 0.260 e. The minimum Gasteiger partial charge on any atom is -0.361 e. The molecule has 2 aliphatic heterocycles. The van der Waals surface area contributed by atoms with Crippen molar-refractivity contribution >= 4 is 40.7 Å². The second-order valence-electron chi connectivity index (χ2n) is 8.57. The molecule has 0 bridgehead atoms. The number of halogens is 1. The molecule has 3 rings (SSSR count).